The van der Waals surface area contributed by atoms with Gasteiger partial charge in [0.05, 0.1) is 5.92 Å². The van der Waals surface area contributed by atoms with Crippen molar-refractivity contribution in [2.45, 2.75) is 19.6 Å². The molecule has 7 nitrogen and oxygen atoms in total. The average molecular weight is 263 g/mol. The molecule has 0 radical (unpaired) electrons. The van der Waals surface area contributed by atoms with Gasteiger partial charge in [0.2, 0.25) is 6.29 Å². The molecule has 2 N–H and O–H groups in total. The minimum absolute atomic E-state index is 0.132. The van der Waals surface area contributed by atoms with Crippen LogP contribution in [-0.4, -0.2) is 52.9 Å². The number of piperidine rings is 1. The average Bonchev–Trinajstić information content (AvgIpc) is 2.86. The molecule has 0 amide bonds. The number of aliphatic carboxylic acids is 1. The highest BCUT2D eigenvalue weighted by Gasteiger charge is 2.35. The number of hydrazine groups is 1. The van der Waals surface area contributed by atoms with Gasteiger partial charge < -0.3 is 10.0 Å². The zero-order valence-corrected chi connectivity index (χ0v) is 10.7. The largest absolute Gasteiger partial charge is 0.481 e. The second-order valence-corrected chi connectivity index (χ2v) is 5.10. The predicted octanol–water partition coefficient (Wildman–Crippen LogP) is 0.0869. The van der Waals surface area contributed by atoms with E-state index in [0.29, 0.717) is 6.42 Å². The quantitative estimate of drug-likeness (QED) is 0.738. The number of carboxylic acids is 1. The zero-order chi connectivity index (χ0) is 13.4. The fourth-order valence-corrected chi connectivity index (χ4v) is 2.83. The summed E-state index contributed by atoms with van der Waals surface area (Å²) in [5.74, 6) is 0.209. The highest BCUT2D eigenvalue weighted by molar-refractivity contribution is 5.74. The predicted molar refractivity (Wildman–Crippen MR) is 70.3 cm³/mol. The van der Waals surface area contributed by atoms with Crippen LogP contribution in [0, 0.1) is 11.8 Å². The third kappa shape index (κ3) is 2.05. The summed E-state index contributed by atoms with van der Waals surface area (Å²) in [6.45, 7) is 3.47. The normalized spacial score (nSPS) is 32.9. The summed E-state index contributed by atoms with van der Waals surface area (Å²) in [6, 6.07) is 0. The number of nitrogens with zero attached hydrogens (tertiary/aromatic N) is 4. The van der Waals surface area contributed by atoms with Crippen LogP contribution in [0.2, 0.25) is 0 Å². The number of fused-ring (bicyclic) bond motifs is 1. The SMILES string of the molecule is CC1CN(C2=CC=NC3N=CNN23)CCC1C(=O)O. The first-order valence-corrected chi connectivity index (χ1v) is 6.45. The number of hydrogen-bond acceptors (Lipinski definition) is 6. The minimum Gasteiger partial charge on any atom is -0.481 e. The van der Waals surface area contributed by atoms with Crippen molar-refractivity contribution in [2.24, 2.45) is 21.8 Å². The fraction of sp³-hybridized carbons (Fsp3) is 0.583. The maximum atomic E-state index is 11.1. The van der Waals surface area contributed by atoms with Crippen molar-refractivity contribution in [3.8, 4) is 0 Å². The molecule has 1 fully saturated rings. The van der Waals surface area contributed by atoms with Crippen molar-refractivity contribution in [2.75, 3.05) is 13.1 Å². The zero-order valence-electron chi connectivity index (χ0n) is 10.7. The van der Waals surface area contributed by atoms with E-state index in [-0.39, 0.29) is 18.1 Å². The van der Waals surface area contributed by atoms with Gasteiger partial charge in [-0.2, -0.15) is 0 Å². The van der Waals surface area contributed by atoms with Crippen LogP contribution in [0.15, 0.2) is 21.9 Å². The lowest BCUT2D eigenvalue weighted by Gasteiger charge is -2.41. The maximum absolute atomic E-state index is 11.1. The Kier molecular flexibility index (Phi) is 2.88. The molecule has 3 atom stereocenters. The molecule has 3 heterocycles. The summed E-state index contributed by atoms with van der Waals surface area (Å²) >= 11 is 0. The molecule has 0 saturated carbocycles. The summed E-state index contributed by atoms with van der Waals surface area (Å²) in [7, 11) is 0. The molecule has 3 aliphatic heterocycles. The first-order valence-electron chi connectivity index (χ1n) is 6.45. The van der Waals surface area contributed by atoms with Gasteiger partial charge in [0.1, 0.15) is 12.2 Å². The Morgan fingerprint density at radius 3 is 3.11 bits per heavy atom. The Balaban J connectivity index is 1.72. The Morgan fingerprint density at radius 2 is 2.37 bits per heavy atom. The van der Waals surface area contributed by atoms with E-state index in [0.717, 1.165) is 18.9 Å². The number of nitrogens with one attached hydrogen (secondary N) is 1. The van der Waals surface area contributed by atoms with E-state index < -0.39 is 5.97 Å². The van der Waals surface area contributed by atoms with E-state index in [1.54, 1.807) is 12.6 Å². The van der Waals surface area contributed by atoms with Crippen LogP contribution in [0.25, 0.3) is 0 Å². The molecule has 0 aromatic heterocycles. The van der Waals surface area contributed by atoms with Crippen molar-refractivity contribution in [1.29, 1.82) is 0 Å². The van der Waals surface area contributed by atoms with Crippen molar-refractivity contribution < 1.29 is 9.90 Å². The molecular formula is C12H17N5O2. The lowest BCUT2D eigenvalue weighted by Crippen LogP contribution is -2.50. The van der Waals surface area contributed by atoms with Crippen LogP contribution in [0.5, 0.6) is 0 Å². The van der Waals surface area contributed by atoms with E-state index >= 15 is 0 Å². The van der Waals surface area contributed by atoms with Crippen LogP contribution in [0.4, 0.5) is 0 Å². The van der Waals surface area contributed by atoms with Crippen molar-refractivity contribution in [3.05, 3.63) is 11.9 Å². The highest BCUT2D eigenvalue weighted by atomic mass is 16.4. The van der Waals surface area contributed by atoms with Gasteiger partial charge in [-0.1, -0.05) is 6.92 Å². The summed E-state index contributed by atoms with van der Waals surface area (Å²) in [4.78, 5) is 21.8. The standard InChI is InChI=1S/C12H17N5O2/c1-8-6-16(5-3-9(8)11(18)19)10-2-4-13-12-14-7-15-17(10)12/h2,4,7-9,12H,3,5-6H2,1H3,(H,14,15)(H,18,19). The molecule has 0 bridgehead atoms. The topological polar surface area (TPSA) is 80.5 Å². The Morgan fingerprint density at radius 1 is 1.53 bits per heavy atom. The van der Waals surface area contributed by atoms with E-state index in [2.05, 4.69) is 20.3 Å². The van der Waals surface area contributed by atoms with Crippen molar-refractivity contribution in [3.63, 3.8) is 0 Å². The number of hydrogen-bond donors (Lipinski definition) is 2. The van der Waals surface area contributed by atoms with Gasteiger partial charge in [-0.25, -0.2) is 15.0 Å². The maximum Gasteiger partial charge on any atom is 0.306 e. The molecule has 19 heavy (non-hydrogen) atoms. The van der Waals surface area contributed by atoms with E-state index in [1.165, 1.54) is 0 Å². The number of carboxylic acid groups (broad SMARTS) is 1. The monoisotopic (exact) mass is 263 g/mol. The third-order valence-electron chi connectivity index (χ3n) is 3.87. The van der Waals surface area contributed by atoms with Crippen molar-refractivity contribution >= 4 is 18.5 Å². The summed E-state index contributed by atoms with van der Waals surface area (Å²) in [5, 5.41) is 11.1. The lowest BCUT2D eigenvalue weighted by molar-refractivity contribution is -0.145. The number of aliphatic imine (C=N–C) groups is 2. The van der Waals surface area contributed by atoms with Crippen LogP contribution >= 0.6 is 0 Å². The Labute approximate surface area is 111 Å². The first-order chi connectivity index (χ1) is 9.16. The van der Waals surface area contributed by atoms with Crippen LogP contribution in [0.3, 0.4) is 0 Å². The minimum atomic E-state index is -0.688. The molecule has 0 spiro atoms. The first kappa shape index (κ1) is 12.0. The van der Waals surface area contributed by atoms with Gasteiger partial charge in [0.15, 0.2) is 0 Å². The van der Waals surface area contributed by atoms with E-state index in [4.69, 9.17) is 5.11 Å². The van der Waals surface area contributed by atoms with Crippen LogP contribution in [0.1, 0.15) is 13.3 Å². The molecule has 0 aliphatic carbocycles. The fourth-order valence-electron chi connectivity index (χ4n) is 2.83. The molecule has 0 aromatic carbocycles. The van der Waals surface area contributed by atoms with Gasteiger partial charge in [0, 0.05) is 19.3 Å². The summed E-state index contributed by atoms with van der Waals surface area (Å²) in [6.07, 6.45) is 5.77. The van der Waals surface area contributed by atoms with Gasteiger partial charge in [-0.15, -0.1) is 0 Å². The molecule has 3 unspecified atom stereocenters. The number of carbonyl (C=O) groups is 1. The molecule has 1 saturated heterocycles. The third-order valence-corrected chi connectivity index (χ3v) is 3.87. The molecule has 3 rings (SSSR count). The van der Waals surface area contributed by atoms with Gasteiger partial charge >= 0.3 is 5.97 Å². The van der Waals surface area contributed by atoms with Crippen LogP contribution in [-0.2, 0) is 4.79 Å². The summed E-state index contributed by atoms with van der Waals surface area (Å²) in [5.41, 5.74) is 3.06. The highest BCUT2D eigenvalue weighted by Crippen LogP contribution is 2.28. The Bertz CT molecular complexity index is 473. The summed E-state index contributed by atoms with van der Waals surface area (Å²) < 4.78 is 0. The second kappa shape index (κ2) is 4.56. The van der Waals surface area contributed by atoms with Crippen LogP contribution < -0.4 is 5.43 Å². The molecule has 102 valence electrons. The molecular weight excluding hydrogens is 246 g/mol. The number of likely N-dealkylation sites (tertiary alicyclic amines) is 1. The van der Waals surface area contributed by atoms with E-state index in [9.17, 15) is 4.79 Å². The molecule has 3 aliphatic rings. The smallest absolute Gasteiger partial charge is 0.306 e. The molecule has 0 aromatic rings. The second-order valence-electron chi connectivity index (χ2n) is 5.10. The molecule has 7 heteroatoms. The number of allylic oxidation sites excluding steroid dienone is 1. The van der Waals surface area contributed by atoms with E-state index in [1.807, 2.05) is 18.0 Å². The van der Waals surface area contributed by atoms with Gasteiger partial charge in [0.25, 0.3) is 0 Å². The lowest BCUT2D eigenvalue weighted by atomic mass is 9.87. The number of rotatable bonds is 2. The Hall–Kier alpha value is -2.05. The van der Waals surface area contributed by atoms with Gasteiger partial charge in [-0.05, 0) is 18.4 Å². The van der Waals surface area contributed by atoms with Crippen molar-refractivity contribution in [1.82, 2.24) is 15.3 Å². The van der Waals surface area contributed by atoms with Gasteiger partial charge in [-0.3, -0.25) is 10.2 Å².